The van der Waals surface area contributed by atoms with Gasteiger partial charge >= 0.3 is 0 Å². The lowest BCUT2D eigenvalue weighted by Crippen LogP contribution is -2.35. The Morgan fingerprint density at radius 2 is 2.00 bits per heavy atom. The van der Waals surface area contributed by atoms with E-state index in [1.54, 1.807) is 38.6 Å². The standard InChI is InChI=1S/C28H31N7O3/c1-17-5-4-8-35(17)15-26(36)32-22-12-24(18(2)30-14-22)34-28(37)21-9-20-11-25(33-27(20)31-13-21)19-6-7-29-23(10-19)16-38-3/h6-7,9-14,17H,4-5,8,15-16H2,1-3H3,(H,31,33)(H,32,36)(H,34,37)/t17-/m0/s1. The van der Waals surface area contributed by atoms with Crippen LogP contribution in [0.1, 0.15) is 41.5 Å². The number of aromatic amines is 1. The van der Waals surface area contributed by atoms with Crippen molar-refractivity contribution in [3.63, 3.8) is 0 Å². The van der Waals surface area contributed by atoms with Crippen LogP contribution in [0.5, 0.6) is 0 Å². The van der Waals surface area contributed by atoms with E-state index in [4.69, 9.17) is 4.74 Å². The average molecular weight is 514 g/mol. The number of amides is 2. The molecule has 1 aliphatic heterocycles. The van der Waals surface area contributed by atoms with Crippen LogP contribution in [0.3, 0.4) is 0 Å². The molecule has 0 aliphatic carbocycles. The van der Waals surface area contributed by atoms with Gasteiger partial charge < -0.3 is 20.4 Å². The van der Waals surface area contributed by atoms with Crippen LogP contribution in [-0.2, 0) is 16.1 Å². The largest absolute Gasteiger partial charge is 0.378 e. The fourth-order valence-corrected chi connectivity index (χ4v) is 4.70. The molecular weight excluding hydrogens is 482 g/mol. The van der Waals surface area contributed by atoms with Crippen LogP contribution in [0.25, 0.3) is 22.3 Å². The summed E-state index contributed by atoms with van der Waals surface area (Å²) in [4.78, 5) is 44.2. The van der Waals surface area contributed by atoms with Crippen LogP contribution in [0.4, 0.5) is 11.4 Å². The fourth-order valence-electron chi connectivity index (χ4n) is 4.70. The van der Waals surface area contributed by atoms with Gasteiger partial charge in [-0.25, -0.2) is 4.98 Å². The molecule has 4 aromatic rings. The number of fused-ring (bicyclic) bond motifs is 1. The van der Waals surface area contributed by atoms with Crippen molar-refractivity contribution in [3.8, 4) is 11.3 Å². The van der Waals surface area contributed by atoms with E-state index < -0.39 is 0 Å². The quantitative estimate of drug-likeness (QED) is 0.323. The van der Waals surface area contributed by atoms with E-state index in [2.05, 4.69) is 42.4 Å². The predicted octanol–water partition coefficient (Wildman–Crippen LogP) is 4.15. The second-order valence-electron chi connectivity index (χ2n) is 9.63. The first-order valence-electron chi connectivity index (χ1n) is 12.6. The van der Waals surface area contributed by atoms with Gasteiger partial charge in [-0.15, -0.1) is 0 Å². The van der Waals surface area contributed by atoms with Crippen molar-refractivity contribution in [3.05, 3.63) is 65.9 Å². The zero-order valence-corrected chi connectivity index (χ0v) is 21.7. The Kier molecular flexibility index (Phi) is 7.43. The van der Waals surface area contributed by atoms with Gasteiger partial charge in [-0.3, -0.25) is 24.5 Å². The number of carbonyl (C=O) groups excluding carboxylic acids is 2. The Bertz CT molecular complexity index is 1480. The summed E-state index contributed by atoms with van der Waals surface area (Å²) in [5.41, 5.74) is 5.45. The highest BCUT2D eigenvalue weighted by Crippen LogP contribution is 2.25. The van der Waals surface area contributed by atoms with Gasteiger partial charge in [0.05, 0.1) is 47.7 Å². The summed E-state index contributed by atoms with van der Waals surface area (Å²) in [7, 11) is 1.63. The number of methoxy groups -OCH3 is 1. The smallest absolute Gasteiger partial charge is 0.257 e. The lowest BCUT2D eigenvalue weighted by molar-refractivity contribution is -0.117. The summed E-state index contributed by atoms with van der Waals surface area (Å²) < 4.78 is 5.18. The molecule has 0 aromatic carbocycles. The fraction of sp³-hybridized carbons (Fsp3) is 0.321. The highest BCUT2D eigenvalue weighted by Gasteiger charge is 2.22. The minimum atomic E-state index is -0.312. The Hall–Kier alpha value is -4.15. The second kappa shape index (κ2) is 11.1. The van der Waals surface area contributed by atoms with Crippen LogP contribution >= 0.6 is 0 Å². The van der Waals surface area contributed by atoms with Gasteiger partial charge in [-0.2, -0.15) is 0 Å². The predicted molar refractivity (Wildman–Crippen MR) is 146 cm³/mol. The first-order valence-corrected chi connectivity index (χ1v) is 12.6. The molecule has 0 radical (unpaired) electrons. The monoisotopic (exact) mass is 513 g/mol. The first-order chi connectivity index (χ1) is 18.4. The third-order valence-electron chi connectivity index (χ3n) is 6.81. The highest BCUT2D eigenvalue weighted by atomic mass is 16.5. The van der Waals surface area contributed by atoms with Gasteiger partial charge in [0.15, 0.2) is 0 Å². The molecule has 2 amide bonds. The summed E-state index contributed by atoms with van der Waals surface area (Å²) in [6.45, 7) is 5.64. The molecular formula is C28H31N7O3. The molecule has 10 heteroatoms. The van der Waals surface area contributed by atoms with E-state index >= 15 is 0 Å². The maximum Gasteiger partial charge on any atom is 0.257 e. The number of nitrogens with zero attached hydrogens (tertiary/aromatic N) is 4. The zero-order valence-electron chi connectivity index (χ0n) is 21.7. The normalized spacial score (nSPS) is 15.6. The maximum absolute atomic E-state index is 13.1. The van der Waals surface area contributed by atoms with E-state index in [1.165, 1.54) is 6.20 Å². The molecule has 10 nitrogen and oxygen atoms in total. The van der Waals surface area contributed by atoms with Gasteiger partial charge in [0.25, 0.3) is 5.91 Å². The number of aromatic nitrogens is 4. The van der Waals surface area contributed by atoms with Crippen molar-refractivity contribution < 1.29 is 14.3 Å². The van der Waals surface area contributed by atoms with E-state index in [0.29, 0.717) is 47.5 Å². The molecule has 1 atom stereocenters. The summed E-state index contributed by atoms with van der Waals surface area (Å²) in [6.07, 6.45) is 7.09. The summed E-state index contributed by atoms with van der Waals surface area (Å²) in [5, 5.41) is 6.62. The van der Waals surface area contributed by atoms with E-state index in [9.17, 15) is 9.59 Å². The van der Waals surface area contributed by atoms with Crippen molar-refractivity contribution in [1.29, 1.82) is 0 Å². The molecule has 4 aromatic heterocycles. The molecule has 0 spiro atoms. The van der Waals surface area contributed by atoms with Crippen molar-refractivity contribution in [1.82, 2.24) is 24.8 Å². The molecule has 0 unspecified atom stereocenters. The maximum atomic E-state index is 13.1. The van der Waals surface area contributed by atoms with Gasteiger partial charge in [-0.05, 0) is 63.6 Å². The SMILES string of the molecule is COCc1cc(-c2cc3cc(C(=O)Nc4cc(NC(=O)CN5CCC[C@@H]5C)cnc4C)cnc3[nH]2)ccn1. The molecule has 1 aliphatic rings. The van der Waals surface area contributed by atoms with Crippen molar-refractivity contribution in [2.45, 2.75) is 39.3 Å². The zero-order chi connectivity index (χ0) is 26.6. The topological polar surface area (TPSA) is 125 Å². The molecule has 38 heavy (non-hydrogen) atoms. The second-order valence-corrected chi connectivity index (χ2v) is 9.63. The number of hydrogen-bond donors (Lipinski definition) is 3. The van der Waals surface area contributed by atoms with E-state index in [1.807, 2.05) is 18.2 Å². The molecule has 1 fully saturated rings. The number of rotatable bonds is 8. The van der Waals surface area contributed by atoms with Crippen LogP contribution in [0, 0.1) is 6.92 Å². The minimum absolute atomic E-state index is 0.0943. The number of likely N-dealkylation sites (tertiary alicyclic amines) is 1. The van der Waals surface area contributed by atoms with E-state index in [0.717, 1.165) is 41.7 Å². The Labute approximate surface area is 220 Å². The highest BCUT2D eigenvalue weighted by molar-refractivity contribution is 6.06. The lowest BCUT2D eigenvalue weighted by atomic mass is 10.1. The molecule has 3 N–H and O–H groups in total. The first kappa shape index (κ1) is 25.5. The van der Waals surface area contributed by atoms with Crippen LogP contribution in [-0.4, -0.2) is 62.9 Å². The molecule has 0 saturated carbocycles. The summed E-state index contributed by atoms with van der Waals surface area (Å²) >= 11 is 0. The number of aryl methyl sites for hydroxylation is 1. The van der Waals surface area contributed by atoms with E-state index in [-0.39, 0.29) is 11.8 Å². The van der Waals surface area contributed by atoms with Gasteiger partial charge in [0, 0.05) is 42.2 Å². The Morgan fingerprint density at radius 3 is 2.79 bits per heavy atom. The lowest BCUT2D eigenvalue weighted by Gasteiger charge is -2.20. The molecule has 5 heterocycles. The van der Waals surface area contributed by atoms with Crippen LogP contribution < -0.4 is 10.6 Å². The van der Waals surface area contributed by atoms with Crippen LogP contribution in [0.2, 0.25) is 0 Å². The number of ether oxygens (including phenoxy) is 1. The number of carbonyl (C=O) groups is 2. The minimum Gasteiger partial charge on any atom is -0.378 e. The summed E-state index contributed by atoms with van der Waals surface area (Å²) in [6, 6.07) is 9.74. The molecule has 0 bridgehead atoms. The van der Waals surface area contributed by atoms with Gasteiger partial charge in [0.1, 0.15) is 5.65 Å². The number of anilines is 2. The molecule has 1 saturated heterocycles. The number of H-pyrrole nitrogens is 1. The van der Waals surface area contributed by atoms with Crippen molar-refractivity contribution in [2.24, 2.45) is 0 Å². The number of pyridine rings is 3. The average Bonchev–Trinajstić information content (AvgIpc) is 3.51. The Balaban J connectivity index is 1.29. The van der Waals surface area contributed by atoms with Gasteiger partial charge in [-0.1, -0.05) is 0 Å². The molecule has 196 valence electrons. The summed E-state index contributed by atoms with van der Waals surface area (Å²) in [5.74, 6) is -0.407. The number of hydrogen-bond acceptors (Lipinski definition) is 7. The van der Waals surface area contributed by atoms with Crippen molar-refractivity contribution >= 4 is 34.2 Å². The third-order valence-corrected chi connectivity index (χ3v) is 6.81. The Morgan fingerprint density at radius 1 is 1.13 bits per heavy atom. The van der Waals surface area contributed by atoms with Gasteiger partial charge in [0.2, 0.25) is 5.91 Å². The number of nitrogens with one attached hydrogen (secondary N) is 3. The van der Waals surface area contributed by atoms with Crippen molar-refractivity contribution in [2.75, 3.05) is 30.8 Å². The molecule has 5 rings (SSSR count). The third kappa shape index (κ3) is 5.71. The van der Waals surface area contributed by atoms with Crippen LogP contribution in [0.15, 0.2) is 48.9 Å².